The fraction of sp³-hybridized carbons (Fsp3) is 0.529. The first-order valence-corrected chi connectivity index (χ1v) is 7.89. The third-order valence-electron chi connectivity index (χ3n) is 4.70. The van der Waals surface area contributed by atoms with Crippen molar-refractivity contribution in [3.63, 3.8) is 0 Å². The summed E-state index contributed by atoms with van der Waals surface area (Å²) in [6.45, 7) is 0.772. The zero-order valence-corrected chi connectivity index (χ0v) is 12.1. The first kappa shape index (κ1) is 13.0. The number of imide groups is 1. The molecule has 4 heteroatoms. The third kappa shape index (κ3) is 2.48. The second-order valence-electron chi connectivity index (χ2n) is 6.44. The van der Waals surface area contributed by atoms with Crippen LogP contribution in [-0.2, 0) is 16.1 Å². The van der Waals surface area contributed by atoms with Crippen LogP contribution in [-0.4, -0.2) is 39.7 Å². The lowest BCUT2D eigenvalue weighted by molar-refractivity contribution is -0.140. The maximum atomic E-state index is 12.6. The topological polar surface area (TPSA) is 40.6 Å². The van der Waals surface area contributed by atoms with Crippen molar-refractivity contribution < 1.29 is 9.59 Å². The number of carbonyl (C=O) groups excluding carboxylic acids is 2. The molecule has 4 rings (SSSR count). The maximum Gasteiger partial charge on any atom is 0.247 e. The standard InChI is InChI=1S/C17H20N2O2/c20-16-10-15(17(21)19(16)14-8-9-14)18(13-6-7-13)11-12-4-2-1-3-5-12/h1-5,13-15H,6-11H2/t15-/m0/s1. The zero-order valence-electron chi connectivity index (χ0n) is 12.1. The molecule has 1 aliphatic heterocycles. The summed E-state index contributed by atoms with van der Waals surface area (Å²) >= 11 is 0. The molecular formula is C17H20N2O2. The average molecular weight is 284 g/mol. The normalized spacial score (nSPS) is 26.0. The number of hydrogen-bond acceptors (Lipinski definition) is 3. The fourth-order valence-corrected chi connectivity index (χ4v) is 3.30. The van der Waals surface area contributed by atoms with E-state index in [0.29, 0.717) is 12.5 Å². The smallest absolute Gasteiger partial charge is 0.247 e. The van der Waals surface area contributed by atoms with Gasteiger partial charge in [-0.2, -0.15) is 0 Å². The molecule has 1 heterocycles. The molecule has 21 heavy (non-hydrogen) atoms. The number of carbonyl (C=O) groups is 2. The van der Waals surface area contributed by atoms with E-state index < -0.39 is 0 Å². The Morgan fingerprint density at radius 2 is 1.76 bits per heavy atom. The molecule has 0 aromatic heterocycles. The maximum absolute atomic E-state index is 12.6. The molecule has 2 saturated carbocycles. The molecule has 4 nitrogen and oxygen atoms in total. The van der Waals surface area contributed by atoms with Gasteiger partial charge in [-0.15, -0.1) is 0 Å². The molecule has 1 aromatic rings. The summed E-state index contributed by atoms with van der Waals surface area (Å²) in [6.07, 6.45) is 4.65. The van der Waals surface area contributed by atoms with Crippen molar-refractivity contribution in [1.82, 2.24) is 9.80 Å². The van der Waals surface area contributed by atoms with E-state index in [0.717, 1.165) is 32.2 Å². The monoisotopic (exact) mass is 284 g/mol. The van der Waals surface area contributed by atoms with Gasteiger partial charge in [0.15, 0.2) is 0 Å². The minimum absolute atomic E-state index is 0.0335. The number of hydrogen-bond donors (Lipinski definition) is 0. The zero-order chi connectivity index (χ0) is 14.4. The number of amides is 2. The largest absolute Gasteiger partial charge is 0.284 e. The molecule has 1 atom stereocenters. The van der Waals surface area contributed by atoms with E-state index in [-0.39, 0.29) is 23.9 Å². The molecule has 1 aromatic carbocycles. The predicted octanol–water partition coefficient (Wildman–Crippen LogP) is 1.94. The second kappa shape index (κ2) is 4.95. The Bertz CT molecular complexity index is 563. The van der Waals surface area contributed by atoms with E-state index in [4.69, 9.17) is 0 Å². The molecule has 0 unspecified atom stereocenters. The average Bonchev–Trinajstić information content (AvgIpc) is 3.37. The molecule has 110 valence electrons. The lowest BCUT2D eigenvalue weighted by Gasteiger charge is -2.27. The van der Waals surface area contributed by atoms with Crippen LogP contribution < -0.4 is 0 Å². The van der Waals surface area contributed by atoms with Gasteiger partial charge in [-0.25, -0.2) is 0 Å². The van der Waals surface area contributed by atoms with Crippen molar-refractivity contribution in [2.75, 3.05) is 0 Å². The van der Waals surface area contributed by atoms with Gasteiger partial charge in [-0.3, -0.25) is 19.4 Å². The molecule has 0 spiro atoms. The Hall–Kier alpha value is -1.68. The van der Waals surface area contributed by atoms with Crippen molar-refractivity contribution in [3.8, 4) is 0 Å². The van der Waals surface area contributed by atoms with E-state index in [1.807, 2.05) is 18.2 Å². The Morgan fingerprint density at radius 1 is 1.05 bits per heavy atom. The van der Waals surface area contributed by atoms with Crippen LogP contribution in [0.4, 0.5) is 0 Å². The second-order valence-corrected chi connectivity index (χ2v) is 6.44. The Balaban J connectivity index is 1.54. The molecule has 3 aliphatic rings. The highest BCUT2D eigenvalue weighted by atomic mass is 16.2. The summed E-state index contributed by atoms with van der Waals surface area (Å²) in [4.78, 5) is 28.6. The number of rotatable bonds is 5. The summed E-state index contributed by atoms with van der Waals surface area (Å²) in [7, 11) is 0. The highest BCUT2D eigenvalue weighted by molar-refractivity contribution is 6.06. The van der Waals surface area contributed by atoms with Gasteiger partial charge in [-0.1, -0.05) is 30.3 Å². The number of nitrogens with zero attached hydrogens (tertiary/aromatic N) is 2. The van der Waals surface area contributed by atoms with Gasteiger partial charge in [0.1, 0.15) is 0 Å². The van der Waals surface area contributed by atoms with Crippen LogP contribution in [0.15, 0.2) is 30.3 Å². The van der Waals surface area contributed by atoms with Crippen LogP contribution in [0.1, 0.15) is 37.7 Å². The van der Waals surface area contributed by atoms with Gasteiger partial charge in [0, 0.05) is 18.6 Å². The van der Waals surface area contributed by atoms with Gasteiger partial charge in [0.05, 0.1) is 12.5 Å². The molecular weight excluding hydrogens is 264 g/mol. The molecule has 0 bridgehead atoms. The van der Waals surface area contributed by atoms with Gasteiger partial charge >= 0.3 is 0 Å². The van der Waals surface area contributed by atoms with Crippen LogP contribution in [0.3, 0.4) is 0 Å². The third-order valence-corrected chi connectivity index (χ3v) is 4.70. The van der Waals surface area contributed by atoms with Gasteiger partial charge < -0.3 is 0 Å². The van der Waals surface area contributed by atoms with E-state index in [1.54, 1.807) is 4.90 Å². The van der Waals surface area contributed by atoms with Crippen LogP contribution >= 0.6 is 0 Å². The molecule has 3 fully saturated rings. The SMILES string of the molecule is O=C1C[C@H](N(Cc2ccccc2)C2CC2)C(=O)N1C1CC1. The van der Waals surface area contributed by atoms with E-state index in [9.17, 15) is 9.59 Å². The first-order chi connectivity index (χ1) is 10.2. The lowest BCUT2D eigenvalue weighted by atomic mass is 10.1. The minimum Gasteiger partial charge on any atom is -0.284 e. The van der Waals surface area contributed by atoms with Crippen LogP contribution in [0.5, 0.6) is 0 Å². The molecule has 2 aliphatic carbocycles. The quantitative estimate of drug-likeness (QED) is 0.776. The van der Waals surface area contributed by atoms with Gasteiger partial charge in [0.2, 0.25) is 11.8 Å². The minimum atomic E-state index is -0.231. The van der Waals surface area contributed by atoms with Gasteiger partial charge in [0.25, 0.3) is 0 Å². The summed E-state index contributed by atoms with van der Waals surface area (Å²) in [5.41, 5.74) is 1.22. The van der Waals surface area contributed by atoms with Crippen molar-refractivity contribution in [1.29, 1.82) is 0 Å². The van der Waals surface area contributed by atoms with E-state index in [2.05, 4.69) is 17.0 Å². The van der Waals surface area contributed by atoms with Crippen LogP contribution in [0, 0.1) is 0 Å². The first-order valence-electron chi connectivity index (χ1n) is 7.89. The van der Waals surface area contributed by atoms with Gasteiger partial charge in [-0.05, 0) is 31.2 Å². The molecule has 2 amide bonds. The number of benzene rings is 1. The van der Waals surface area contributed by atoms with Crippen molar-refractivity contribution in [2.45, 2.75) is 56.8 Å². The Kier molecular flexibility index (Phi) is 3.07. The summed E-state index contributed by atoms with van der Waals surface area (Å²) in [6, 6.07) is 10.7. The van der Waals surface area contributed by atoms with Crippen LogP contribution in [0.2, 0.25) is 0 Å². The molecule has 0 radical (unpaired) electrons. The lowest BCUT2D eigenvalue weighted by Crippen LogP contribution is -2.43. The molecule has 0 N–H and O–H groups in total. The highest BCUT2D eigenvalue weighted by Crippen LogP contribution is 2.37. The summed E-state index contributed by atoms with van der Waals surface area (Å²) in [5, 5.41) is 0. The number of likely N-dealkylation sites (tertiary alicyclic amines) is 1. The van der Waals surface area contributed by atoms with Crippen molar-refractivity contribution >= 4 is 11.8 Å². The Morgan fingerprint density at radius 3 is 2.38 bits per heavy atom. The fourth-order valence-electron chi connectivity index (χ4n) is 3.30. The van der Waals surface area contributed by atoms with Crippen LogP contribution in [0.25, 0.3) is 0 Å². The molecule has 1 saturated heterocycles. The Labute approximate surface area is 124 Å². The van der Waals surface area contributed by atoms with E-state index >= 15 is 0 Å². The van der Waals surface area contributed by atoms with Crippen molar-refractivity contribution in [2.24, 2.45) is 0 Å². The summed E-state index contributed by atoms with van der Waals surface area (Å²) in [5.74, 6) is 0.0801. The highest BCUT2D eigenvalue weighted by Gasteiger charge is 2.50. The summed E-state index contributed by atoms with van der Waals surface area (Å²) < 4.78 is 0. The van der Waals surface area contributed by atoms with E-state index in [1.165, 1.54) is 5.56 Å². The predicted molar refractivity (Wildman–Crippen MR) is 78.3 cm³/mol. The van der Waals surface area contributed by atoms with Crippen molar-refractivity contribution in [3.05, 3.63) is 35.9 Å².